The second kappa shape index (κ2) is 9.89. The number of ether oxygens (including phenoxy) is 3. The number of fused-ring (bicyclic) bond motifs is 1. The van der Waals surface area contributed by atoms with E-state index < -0.39 is 0 Å². The second-order valence-corrected chi connectivity index (χ2v) is 9.75. The summed E-state index contributed by atoms with van der Waals surface area (Å²) in [5, 5.41) is 0.547. The van der Waals surface area contributed by atoms with Crippen molar-refractivity contribution in [3.05, 3.63) is 81.1 Å². The molecule has 1 N–H and O–H groups in total. The summed E-state index contributed by atoms with van der Waals surface area (Å²) in [7, 11) is 1.57. The van der Waals surface area contributed by atoms with Gasteiger partial charge in [-0.25, -0.2) is 4.98 Å². The Kier molecular flexibility index (Phi) is 6.93. The Bertz CT molecular complexity index is 1360. The van der Waals surface area contributed by atoms with Crippen LogP contribution in [0.15, 0.2) is 69.9 Å². The van der Waals surface area contributed by atoms with Gasteiger partial charge in [-0.05, 0) is 63.3 Å². The largest absolute Gasteiger partial charge is 0.493 e. The first-order valence-electron chi connectivity index (χ1n) is 11.0. The molecular weight excluding hydrogens is 496 g/mol. The molecule has 4 aromatic rings. The Balaban J connectivity index is 1.47. The maximum absolute atomic E-state index is 12.5. The monoisotopic (exact) mass is 522 g/mol. The normalized spacial score (nSPS) is 11.4. The molecule has 34 heavy (non-hydrogen) atoms. The first kappa shape index (κ1) is 23.8. The SMILES string of the molecule is COc1cc(-c2nc3ccccc3c(=O)[nH]2)cc(Br)c1OCCOc1ccc(C(C)(C)C)cc1. The molecular formula is C27H27BrN2O4. The van der Waals surface area contributed by atoms with Crippen molar-refractivity contribution in [2.45, 2.75) is 26.2 Å². The smallest absolute Gasteiger partial charge is 0.259 e. The third kappa shape index (κ3) is 5.25. The average molecular weight is 523 g/mol. The molecule has 6 nitrogen and oxygen atoms in total. The molecule has 0 amide bonds. The number of halogens is 1. The van der Waals surface area contributed by atoms with Crippen LogP contribution in [0.4, 0.5) is 0 Å². The van der Waals surface area contributed by atoms with Gasteiger partial charge in [0.1, 0.15) is 24.8 Å². The predicted octanol–water partition coefficient (Wildman–Crippen LogP) is 6.12. The van der Waals surface area contributed by atoms with E-state index in [2.05, 4.69) is 58.8 Å². The van der Waals surface area contributed by atoms with E-state index in [0.717, 1.165) is 5.75 Å². The Morgan fingerprint density at radius 3 is 2.38 bits per heavy atom. The quantitative estimate of drug-likeness (QED) is 0.296. The molecule has 0 fully saturated rings. The molecule has 7 heteroatoms. The van der Waals surface area contributed by atoms with Crippen molar-refractivity contribution < 1.29 is 14.2 Å². The zero-order valence-electron chi connectivity index (χ0n) is 19.6. The summed E-state index contributed by atoms with van der Waals surface area (Å²) in [6.07, 6.45) is 0. The van der Waals surface area contributed by atoms with E-state index in [1.54, 1.807) is 19.2 Å². The summed E-state index contributed by atoms with van der Waals surface area (Å²) in [5.74, 6) is 2.33. The van der Waals surface area contributed by atoms with E-state index >= 15 is 0 Å². The van der Waals surface area contributed by atoms with Crippen molar-refractivity contribution in [1.82, 2.24) is 9.97 Å². The Morgan fingerprint density at radius 2 is 1.68 bits per heavy atom. The van der Waals surface area contributed by atoms with Gasteiger partial charge in [0.25, 0.3) is 5.56 Å². The molecule has 0 aliphatic heterocycles. The summed E-state index contributed by atoms with van der Waals surface area (Å²) in [6, 6.07) is 19.0. The fourth-order valence-electron chi connectivity index (χ4n) is 3.57. The number of aromatic amines is 1. The van der Waals surface area contributed by atoms with Crippen molar-refractivity contribution in [2.75, 3.05) is 20.3 Å². The molecule has 4 rings (SSSR count). The Hall–Kier alpha value is -3.32. The van der Waals surface area contributed by atoms with E-state index in [1.807, 2.05) is 36.4 Å². The summed E-state index contributed by atoms with van der Waals surface area (Å²) in [4.78, 5) is 19.9. The predicted molar refractivity (Wildman–Crippen MR) is 138 cm³/mol. The third-order valence-electron chi connectivity index (χ3n) is 5.43. The van der Waals surface area contributed by atoms with E-state index in [-0.39, 0.29) is 11.0 Å². The lowest BCUT2D eigenvalue weighted by atomic mass is 9.87. The van der Waals surface area contributed by atoms with Gasteiger partial charge in [0, 0.05) is 5.56 Å². The maximum Gasteiger partial charge on any atom is 0.259 e. The molecule has 0 saturated carbocycles. The first-order chi connectivity index (χ1) is 16.3. The van der Waals surface area contributed by atoms with Crippen LogP contribution in [-0.4, -0.2) is 30.3 Å². The van der Waals surface area contributed by atoms with Crippen LogP contribution in [0.1, 0.15) is 26.3 Å². The Morgan fingerprint density at radius 1 is 0.971 bits per heavy atom. The van der Waals surface area contributed by atoms with Gasteiger partial charge < -0.3 is 19.2 Å². The van der Waals surface area contributed by atoms with Gasteiger partial charge in [-0.1, -0.05) is 45.0 Å². The number of methoxy groups -OCH3 is 1. The lowest BCUT2D eigenvalue weighted by Crippen LogP contribution is -2.12. The van der Waals surface area contributed by atoms with Crippen LogP contribution >= 0.6 is 15.9 Å². The molecule has 0 radical (unpaired) electrons. The highest BCUT2D eigenvalue weighted by molar-refractivity contribution is 9.10. The summed E-state index contributed by atoms with van der Waals surface area (Å²) < 4.78 is 18.0. The van der Waals surface area contributed by atoms with Gasteiger partial charge in [-0.15, -0.1) is 0 Å². The topological polar surface area (TPSA) is 73.4 Å². The average Bonchev–Trinajstić information content (AvgIpc) is 2.82. The van der Waals surface area contributed by atoms with Crippen LogP contribution in [0, 0.1) is 0 Å². The minimum atomic E-state index is -0.191. The van der Waals surface area contributed by atoms with Crippen LogP contribution in [0.5, 0.6) is 17.2 Å². The van der Waals surface area contributed by atoms with Crippen LogP contribution in [0.3, 0.4) is 0 Å². The van der Waals surface area contributed by atoms with E-state index in [0.29, 0.717) is 51.5 Å². The molecule has 0 unspecified atom stereocenters. The van der Waals surface area contributed by atoms with Gasteiger partial charge in [-0.3, -0.25) is 4.79 Å². The highest BCUT2D eigenvalue weighted by Gasteiger charge is 2.16. The van der Waals surface area contributed by atoms with Crippen molar-refractivity contribution in [2.24, 2.45) is 0 Å². The fourth-order valence-corrected chi connectivity index (χ4v) is 4.13. The first-order valence-corrected chi connectivity index (χ1v) is 11.8. The number of nitrogens with one attached hydrogen (secondary N) is 1. The number of H-pyrrole nitrogens is 1. The molecule has 0 bridgehead atoms. The molecule has 0 saturated heterocycles. The zero-order chi connectivity index (χ0) is 24.3. The van der Waals surface area contributed by atoms with E-state index in [4.69, 9.17) is 14.2 Å². The zero-order valence-corrected chi connectivity index (χ0v) is 21.2. The Labute approximate surface area is 207 Å². The van der Waals surface area contributed by atoms with Crippen molar-refractivity contribution >= 4 is 26.8 Å². The van der Waals surface area contributed by atoms with E-state index in [9.17, 15) is 4.79 Å². The standard InChI is InChI=1S/C27H27BrN2O4/c1-27(2,3)18-9-11-19(12-10-18)33-13-14-34-24-21(28)15-17(16-23(24)32-4)25-29-22-8-6-5-7-20(22)26(31)30-25/h5-12,15-16H,13-14H2,1-4H3,(H,29,30,31). The molecule has 176 valence electrons. The number of hydrogen-bond donors (Lipinski definition) is 1. The summed E-state index contributed by atoms with van der Waals surface area (Å²) >= 11 is 3.56. The van der Waals surface area contributed by atoms with Gasteiger partial charge in [0.2, 0.25) is 0 Å². The van der Waals surface area contributed by atoms with Gasteiger partial charge in [0.15, 0.2) is 11.5 Å². The van der Waals surface area contributed by atoms with Gasteiger partial charge in [0.05, 0.1) is 22.5 Å². The van der Waals surface area contributed by atoms with E-state index in [1.165, 1.54) is 5.56 Å². The number of nitrogens with zero attached hydrogens (tertiary/aromatic N) is 1. The summed E-state index contributed by atoms with van der Waals surface area (Å²) in [6.45, 7) is 7.26. The molecule has 1 heterocycles. The highest BCUT2D eigenvalue weighted by Crippen LogP contribution is 2.39. The molecule has 3 aromatic carbocycles. The number of para-hydroxylation sites is 1. The van der Waals surface area contributed by atoms with Crippen molar-refractivity contribution in [3.63, 3.8) is 0 Å². The minimum Gasteiger partial charge on any atom is -0.493 e. The lowest BCUT2D eigenvalue weighted by molar-refractivity contribution is 0.210. The molecule has 0 spiro atoms. The van der Waals surface area contributed by atoms with Crippen molar-refractivity contribution in [3.8, 4) is 28.6 Å². The van der Waals surface area contributed by atoms with Gasteiger partial charge >= 0.3 is 0 Å². The fraction of sp³-hybridized carbons (Fsp3) is 0.259. The molecule has 0 atom stereocenters. The molecule has 1 aromatic heterocycles. The number of hydrogen-bond acceptors (Lipinski definition) is 5. The summed E-state index contributed by atoms with van der Waals surface area (Å²) in [5.41, 5.74) is 2.50. The van der Waals surface area contributed by atoms with Crippen LogP contribution < -0.4 is 19.8 Å². The second-order valence-electron chi connectivity index (χ2n) is 8.89. The number of aromatic nitrogens is 2. The van der Waals surface area contributed by atoms with Crippen LogP contribution in [0.25, 0.3) is 22.3 Å². The number of rotatable bonds is 7. The van der Waals surface area contributed by atoms with Crippen molar-refractivity contribution in [1.29, 1.82) is 0 Å². The maximum atomic E-state index is 12.5. The highest BCUT2D eigenvalue weighted by atomic mass is 79.9. The lowest BCUT2D eigenvalue weighted by Gasteiger charge is -2.19. The number of benzene rings is 3. The van der Waals surface area contributed by atoms with Crippen LogP contribution in [0.2, 0.25) is 0 Å². The van der Waals surface area contributed by atoms with Crippen LogP contribution in [-0.2, 0) is 5.41 Å². The molecule has 0 aliphatic carbocycles. The minimum absolute atomic E-state index is 0.103. The van der Waals surface area contributed by atoms with Gasteiger partial charge in [-0.2, -0.15) is 0 Å². The third-order valence-corrected chi connectivity index (χ3v) is 6.02. The molecule has 0 aliphatic rings.